The maximum atomic E-state index is 13.1. The molecule has 0 aliphatic heterocycles. The highest BCUT2D eigenvalue weighted by Crippen LogP contribution is 2.33. The van der Waals surface area contributed by atoms with Crippen LogP contribution in [-0.4, -0.2) is 0 Å². The van der Waals surface area contributed by atoms with Gasteiger partial charge in [-0.2, -0.15) is 0 Å². The average molecular weight is 295 g/mol. The van der Waals surface area contributed by atoms with Crippen LogP contribution in [0.3, 0.4) is 0 Å². The van der Waals surface area contributed by atoms with Crippen molar-refractivity contribution < 1.29 is 8.78 Å². The zero-order valence-corrected chi connectivity index (χ0v) is 12.0. The van der Waals surface area contributed by atoms with Crippen molar-refractivity contribution in [3.63, 3.8) is 0 Å². The van der Waals surface area contributed by atoms with Gasteiger partial charge in [0.05, 0.1) is 5.38 Å². The Bertz CT molecular complexity index is 380. The van der Waals surface area contributed by atoms with Crippen LogP contribution < -0.4 is 0 Å². The lowest BCUT2D eigenvalue weighted by molar-refractivity contribution is 0.506. The van der Waals surface area contributed by atoms with E-state index in [0.717, 1.165) is 31.4 Å². The summed E-state index contributed by atoms with van der Waals surface area (Å²) in [6, 6.07) is 2.08. The van der Waals surface area contributed by atoms with Crippen molar-refractivity contribution >= 4 is 23.2 Å². The van der Waals surface area contributed by atoms with Gasteiger partial charge in [0.2, 0.25) is 0 Å². The van der Waals surface area contributed by atoms with E-state index in [9.17, 15) is 8.78 Å². The van der Waals surface area contributed by atoms with E-state index < -0.39 is 11.6 Å². The van der Waals surface area contributed by atoms with Crippen molar-refractivity contribution in [2.45, 2.75) is 50.8 Å². The highest BCUT2D eigenvalue weighted by Gasteiger charge is 2.15. The van der Waals surface area contributed by atoms with Gasteiger partial charge in [-0.25, -0.2) is 8.78 Å². The summed E-state index contributed by atoms with van der Waals surface area (Å²) in [6.07, 6.45) is 6.42. The molecule has 0 saturated carbocycles. The van der Waals surface area contributed by atoms with Crippen LogP contribution in [0, 0.1) is 11.6 Å². The molecule has 1 aromatic rings. The van der Waals surface area contributed by atoms with Gasteiger partial charge in [0.1, 0.15) is 0 Å². The van der Waals surface area contributed by atoms with Crippen molar-refractivity contribution in [2.24, 2.45) is 0 Å². The summed E-state index contributed by atoms with van der Waals surface area (Å²) in [5, 5.41) is -0.156. The molecule has 0 spiro atoms. The molecule has 0 fully saturated rings. The molecular weight excluding hydrogens is 277 g/mol. The molecule has 1 atom stereocenters. The van der Waals surface area contributed by atoms with Crippen molar-refractivity contribution in [3.05, 3.63) is 34.4 Å². The quantitative estimate of drug-likeness (QED) is 0.316. The Morgan fingerprint density at radius 3 is 2.33 bits per heavy atom. The Kier molecular flexibility index (Phi) is 6.95. The zero-order valence-electron chi connectivity index (χ0n) is 10.5. The van der Waals surface area contributed by atoms with E-state index in [1.165, 1.54) is 19.3 Å². The Morgan fingerprint density at radius 2 is 1.67 bits per heavy atom. The smallest absolute Gasteiger partial charge is 0.160 e. The second kappa shape index (κ2) is 7.96. The first kappa shape index (κ1) is 15.7. The van der Waals surface area contributed by atoms with E-state index >= 15 is 0 Å². The summed E-state index contributed by atoms with van der Waals surface area (Å²) < 4.78 is 26.0. The monoisotopic (exact) mass is 294 g/mol. The highest BCUT2D eigenvalue weighted by molar-refractivity contribution is 6.32. The van der Waals surface area contributed by atoms with Gasteiger partial charge in [0, 0.05) is 5.02 Å². The molecule has 0 amide bonds. The summed E-state index contributed by atoms with van der Waals surface area (Å²) in [4.78, 5) is 0. The standard InChI is InChI=1S/C14H18Cl2F2/c1-2-3-4-5-6-7-11(15)10-8-13(17)14(18)9-12(10)16/h8-9,11H,2-7H2,1H3. The lowest BCUT2D eigenvalue weighted by Crippen LogP contribution is -1.96. The van der Waals surface area contributed by atoms with E-state index in [-0.39, 0.29) is 10.4 Å². The van der Waals surface area contributed by atoms with Crippen LogP contribution in [-0.2, 0) is 0 Å². The third-order valence-electron chi connectivity index (χ3n) is 2.94. The number of benzene rings is 1. The molecule has 0 aliphatic rings. The summed E-state index contributed by atoms with van der Waals surface area (Å²) in [5.41, 5.74) is 0.479. The van der Waals surface area contributed by atoms with Crippen LogP contribution in [0.15, 0.2) is 12.1 Å². The number of hydrogen-bond acceptors (Lipinski definition) is 0. The van der Waals surface area contributed by atoms with Crippen LogP contribution in [0.1, 0.15) is 56.4 Å². The molecule has 0 aromatic heterocycles. The van der Waals surface area contributed by atoms with E-state index in [0.29, 0.717) is 5.56 Å². The van der Waals surface area contributed by atoms with Crippen molar-refractivity contribution in [1.82, 2.24) is 0 Å². The third-order valence-corrected chi connectivity index (χ3v) is 3.72. The number of rotatable bonds is 7. The molecule has 18 heavy (non-hydrogen) atoms. The normalized spacial score (nSPS) is 12.7. The predicted octanol–water partition coefficient (Wildman–Crippen LogP) is 6.26. The van der Waals surface area contributed by atoms with Crippen molar-refractivity contribution in [1.29, 1.82) is 0 Å². The first-order valence-electron chi connectivity index (χ1n) is 6.34. The number of unbranched alkanes of at least 4 members (excludes halogenated alkanes) is 4. The SMILES string of the molecule is CCCCCCCC(Cl)c1cc(F)c(F)cc1Cl. The van der Waals surface area contributed by atoms with Crippen LogP contribution >= 0.6 is 23.2 Å². The number of halogens is 4. The third kappa shape index (κ3) is 4.74. The van der Waals surface area contributed by atoms with Gasteiger partial charge < -0.3 is 0 Å². The van der Waals surface area contributed by atoms with Crippen LogP contribution in [0.5, 0.6) is 0 Å². The average Bonchev–Trinajstić information content (AvgIpc) is 2.33. The van der Waals surface area contributed by atoms with E-state index in [1.807, 2.05) is 0 Å². The second-order valence-corrected chi connectivity index (χ2v) is 5.39. The molecule has 0 heterocycles. The van der Waals surface area contributed by atoms with Gasteiger partial charge in [-0.3, -0.25) is 0 Å². The van der Waals surface area contributed by atoms with E-state index in [4.69, 9.17) is 23.2 Å². The predicted molar refractivity (Wildman–Crippen MR) is 73.3 cm³/mol. The van der Waals surface area contributed by atoms with Crippen molar-refractivity contribution in [2.75, 3.05) is 0 Å². The van der Waals surface area contributed by atoms with Gasteiger partial charge >= 0.3 is 0 Å². The molecule has 1 aromatic carbocycles. The lowest BCUT2D eigenvalue weighted by atomic mass is 10.0. The fourth-order valence-electron chi connectivity index (χ4n) is 1.86. The Balaban J connectivity index is 2.51. The summed E-state index contributed by atoms with van der Waals surface area (Å²) in [7, 11) is 0. The van der Waals surface area contributed by atoms with E-state index in [1.54, 1.807) is 0 Å². The number of hydrogen-bond donors (Lipinski definition) is 0. The summed E-state index contributed by atoms with van der Waals surface area (Å²) >= 11 is 12.0. The minimum Gasteiger partial charge on any atom is -0.204 e. The fraction of sp³-hybridized carbons (Fsp3) is 0.571. The molecule has 0 nitrogen and oxygen atoms in total. The molecule has 0 N–H and O–H groups in total. The van der Waals surface area contributed by atoms with Crippen molar-refractivity contribution in [3.8, 4) is 0 Å². The summed E-state index contributed by atoms with van der Waals surface area (Å²) in [6.45, 7) is 2.16. The maximum Gasteiger partial charge on any atom is 0.160 e. The van der Waals surface area contributed by atoms with Crippen LogP contribution in [0.4, 0.5) is 8.78 Å². The number of alkyl halides is 1. The molecule has 0 radical (unpaired) electrons. The Hall–Kier alpha value is -0.340. The molecule has 0 bridgehead atoms. The summed E-state index contributed by atoms with van der Waals surface area (Å²) in [5.74, 6) is -1.83. The Labute approximate surface area is 117 Å². The van der Waals surface area contributed by atoms with Crippen LogP contribution in [0.2, 0.25) is 5.02 Å². The van der Waals surface area contributed by atoms with Crippen LogP contribution in [0.25, 0.3) is 0 Å². The first-order valence-corrected chi connectivity index (χ1v) is 7.16. The fourth-order valence-corrected chi connectivity index (χ4v) is 2.53. The molecule has 102 valence electrons. The topological polar surface area (TPSA) is 0 Å². The molecule has 4 heteroatoms. The molecule has 1 rings (SSSR count). The Morgan fingerprint density at radius 1 is 1.06 bits per heavy atom. The molecule has 1 unspecified atom stereocenters. The zero-order chi connectivity index (χ0) is 13.5. The van der Waals surface area contributed by atoms with Gasteiger partial charge in [0.25, 0.3) is 0 Å². The maximum absolute atomic E-state index is 13.1. The second-order valence-electron chi connectivity index (χ2n) is 4.46. The minimum absolute atomic E-state index is 0.197. The van der Waals surface area contributed by atoms with Gasteiger partial charge in [-0.05, 0) is 24.1 Å². The molecular formula is C14H18Cl2F2. The molecule has 0 aliphatic carbocycles. The van der Waals surface area contributed by atoms with Gasteiger partial charge in [-0.1, -0.05) is 50.6 Å². The van der Waals surface area contributed by atoms with E-state index in [2.05, 4.69) is 6.92 Å². The van der Waals surface area contributed by atoms with Gasteiger partial charge in [0.15, 0.2) is 11.6 Å². The highest BCUT2D eigenvalue weighted by atomic mass is 35.5. The lowest BCUT2D eigenvalue weighted by Gasteiger charge is -2.12. The van der Waals surface area contributed by atoms with Gasteiger partial charge in [-0.15, -0.1) is 11.6 Å². The molecule has 0 saturated heterocycles. The largest absolute Gasteiger partial charge is 0.204 e. The minimum atomic E-state index is -0.935. The first-order chi connectivity index (χ1) is 8.56.